The van der Waals surface area contributed by atoms with Gasteiger partial charge in [0, 0.05) is 0 Å². The minimum atomic E-state index is -1.83. The van der Waals surface area contributed by atoms with Crippen molar-refractivity contribution >= 4 is 7.32 Å². The van der Waals surface area contributed by atoms with Gasteiger partial charge in [-0.3, -0.25) is 0 Å². The maximum Gasteiger partial charge on any atom is 0.707 e. The summed E-state index contributed by atoms with van der Waals surface area (Å²) in [6.07, 6.45) is 0. The lowest BCUT2D eigenvalue weighted by molar-refractivity contribution is 0.279. The molecule has 4 nitrogen and oxygen atoms in total. The molecule has 0 unspecified atom stereocenters. The number of ether oxygens (including phenoxy) is 1. The molecule has 1 aromatic carbocycles. The van der Waals surface area contributed by atoms with E-state index < -0.39 is 7.32 Å². The fourth-order valence-electron chi connectivity index (χ4n) is 1.26. The minimum absolute atomic E-state index is 0.332. The van der Waals surface area contributed by atoms with Crippen molar-refractivity contribution in [3.05, 3.63) is 23.8 Å². The van der Waals surface area contributed by atoms with Crippen molar-refractivity contribution in [3.8, 4) is 11.5 Å². The van der Waals surface area contributed by atoms with Gasteiger partial charge in [0.25, 0.3) is 0 Å². The molecule has 0 radical (unpaired) electrons. The predicted molar refractivity (Wildman–Crippen MR) is 57.9 cm³/mol. The fraction of sp³-hybridized carbons (Fsp3) is 0.400. The number of methoxy groups -OCH3 is 1. The largest absolute Gasteiger partial charge is 0.707 e. The Labute approximate surface area is 89.6 Å². The van der Waals surface area contributed by atoms with Crippen LogP contribution in [-0.2, 0) is 0 Å². The van der Waals surface area contributed by atoms with Gasteiger partial charge in [-0.1, -0.05) is 19.9 Å². The zero-order chi connectivity index (χ0) is 11.4. The van der Waals surface area contributed by atoms with E-state index in [4.69, 9.17) is 19.4 Å². The van der Waals surface area contributed by atoms with Crippen molar-refractivity contribution in [1.82, 2.24) is 0 Å². The molecule has 0 fully saturated rings. The highest BCUT2D eigenvalue weighted by molar-refractivity contribution is 6.33. The van der Waals surface area contributed by atoms with Gasteiger partial charge in [0.15, 0.2) is 5.75 Å². The summed E-state index contributed by atoms with van der Waals surface area (Å²) in [5.41, 5.74) is 1.05. The smallest absolute Gasteiger partial charge is 0.509 e. The highest BCUT2D eigenvalue weighted by Gasteiger charge is 2.15. The van der Waals surface area contributed by atoms with E-state index in [-0.39, 0.29) is 0 Å². The first kappa shape index (κ1) is 11.9. The molecular weight excluding hydrogens is 195 g/mol. The molecule has 0 saturated heterocycles. The summed E-state index contributed by atoms with van der Waals surface area (Å²) in [5.74, 6) is 1.15. The van der Waals surface area contributed by atoms with Crippen molar-refractivity contribution in [2.24, 2.45) is 0 Å². The molecule has 0 aliphatic rings. The summed E-state index contributed by atoms with van der Waals surface area (Å²) in [4.78, 5) is 0. The van der Waals surface area contributed by atoms with Crippen LogP contribution in [0, 0.1) is 0 Å². The summed E-state index contributed by atoms with van der Waals surface area (Å²) in [5, 5.41) is 17.5. The van der Waals surface area contributed by atoms with Crippen LogP contribution in [0.1, 0.15) is 25.3 Å². The molecular formula is C10H15BO4. The Morgan fingerprint density at radius 3 is 2.33 bits per heavy atom. The van der Waals surface area contributed by atoms with E-state index >= 15 is 0 Å². The first-order valence-electron chi connectivity index (χ1n) is 4.75. The molecule has 0 saturated carbocycles. The molecule has 0 spiro atoms. The Bertz CT molecular complexity index is 325. The molecule has 5 heteroatoms. The number of rotatable bonds is 4. The topological polar surface area (TPSA) is 58.9 Å². The van der Waals surface area contributed by atoms with Crippen molar-refractivity contribution in [3.63, 3.8) is 0 Å². The van der Waals surface area contributed by atoms with Crippen LogP contribution >= 0.6 is 0 Å². The molecule has 1 rings (SSSR count). The molecule has 0 heterocycles. The van der Waals surface area contributed by atoms with E-state index in [1.54, 1.807) is 12.1 Å². The highest BCUT2D eigenvalue weighted by atomic mass is 16.6. The lowest BCUT2D eigenvalue weighted by Gasteiger charge is -2.13. The lowest BCUT2D eigenvalue weighted by Crippen LogP contribution is -2.21. The van der Waals surface area contributed by atoms with Gasteiger partial charge in [-0.15, -0.1) is 0 Å². The molecule has 2 N–H and O–H groups in total. The van der Waals surface area contributed by atoms with Crippen molar-refractivity contribution in [2.75, 3.05) is 7.11 Å². The summed E-state index contributed by atoms with van der Waals surface area (Å²) >= 11 is 0. The summed E-state index contributed by atoms with van der Waals surface area (Å²) in [6, 6.07) is 5.40. The van der Waals surface area contributed by atoms with Gasteiger partial charge in [0.05, 0.1) is 7.11 Å². The van der Waals surface area contributed by atoms with E-state index in [1.807, 2.05) is 19.9 Å². The molecule has 82 valence electrons. The van der Waals surface area contributed by atoms with Gasteiger partial charge in [0.1, 0.15) is 5.75 Å². The Morgan fingerprint density at radius 2 is 1.87 bits per heavy atom. The molecule has 0 aliphatic heterocycles. The van der Waals surface area contributed by atoms with Crippen molar-refractivity contribution < 1.29 is 19.4 Å². The second-order valence-electron chi connectivity index (χ2n) is 3.51. The van der Waals surface area contributed by atoms with Crippen LogP contribution in [-0.4, -0.2) is 24.5 Å². The normalized spacial score (nSPS) is 10.3. The number of hydrogen-bond acceptors (Lipinski definition) is 4. The molecule has 1 aromatic rings. The predicted octanol–water partition coefficient (Wildman–Crippen LogP) is 1.17. The summed E-state index contributed by atoms with van der Waals surface area (Å²) < 4.78 is 9.85. The molecule has 0 bridgehead atoms. The Kier molecular flexibility index (Phi) is 4.00. The molecule has 0 aliphatic carbocycles. The first-order valence-corrected chi connectivity index (χ1v) is 4.75. The number of hydrogen-bond donors (Lipinski definition) is 2. The summed E-state index contributed by atoms with van der Waals surface area (Å²) in [6.45, 7) is 4.09. The van der Waals surface area contributed by atoms with Crippen molar-refractivity contribution in [2.45, 2.75) is 19.8 Å². The second-order valence-corrected chi connectivity index (χ2v) is 3.51. The molecule has 0 atom stereocenters. The lowest BCUT2D eigenvalue weighted by atomic mass is 10.0. The molecule has 0 aromatic heterocycles. The third-order valence-corrected chi connectivity index (χ3v) is 2.09. The monoisotopic (exact) mass is 210 g/mol. The SMILES string of the molecule is COc1ccc(C(C)C)cc1OB(O)O. The van der Waals surface area contributed by atoms with E-state index in [0.717, 1.165) is 5.56 Å². The van der Waals surface area contributed by atoms with Crippen LogP contribution in [0.2, 0.25) is 0 Å². The highest BCUT2D eigenvalue weighted by Crippen LogP contribution is 2.30. The average molecular weight is 210 g/mol. The van der Waals surface area contributed by atoms with Gasteiger partial charge in [-0.05, 0) is 23.6 Å². The molecule has 15 heavy (non-hydrogen) atoms. The van der Waals surface area contributed by atoms with E-state index in [9.17, 15) is 0 Å². The zero-order valence-electron chi connectivity index (χ0n) is 9.10. The van der Waals surface area contributed by atoms with Gasteiger partial charge in [-0.25, -0.2) is 0 Å². The van der Waals surface area contributed by atoms with E-state index in [1.165, 1.54) is 7.11 Å². The van der Waals surface area contributed by atoms with Crippen LogP contribution in [0.4, 0.5) is 0 Å². The standard InChI is InChI=1S/C10H15BO4/c1-7(2)8-4-5-9(14-3)10(6-8)15-11(12)13/h4-7,12-13H,1-3H3. The Hall–Kier alpha value is -1.20. The van der Waals surface area contributed by atoms with Crippen LogP contribution in [0.3, 0.4) is 0 Å². The van der Waals surface area contributed by atoms with Gasteiger partial charge >= 0.3 is 7.32 Å². The maximum absolute atomic E-state index is 8.73. The average Bonchev–Trinajstić information content (AvgIpc) is 2.16. The minimum Gasteiger partial charge on any atom is -0.509 e. The van der Waals surface area contributed by atoms with Crippen LogP contribution < -0.4 is 9.39 Å². The van der Waals surface area contributed by atoms with Crippen LogP contribution in [0.25, 0.3) is 0 Å². The fourth-order valence-corrected chi connectivity index (χ4v) is 1.26. The third kappa shape index (κ3) is 3.14. The quantitative estimate of drug-likeness (QED) is 0.732. The van der Waals surface area contributed by atoms with E-state index in [0.29, 0.717) is 17.4 Å². The van der Waals surface area contributed by atoms with Gasteiger partial charge in [-0.2, -0.15) is 0 Å². The first-order chi connectivity index (χ1) is 7.04. The zero-order valence-corrected chi connectivity index (χ0v) is 9.10. The second kappa shape index (κ2) is 5.05. The van der Waals surface area contributed by atoms with Crippen LogP contribution in [0.5, 0.6) is 11.5 Å². The van der Waals surface area contributed by atoms with Gasteiger partial charge < -0.3 is 19.4 Å². The summed E-state index contributed by atoms with van der Waals surface area (Å²) in [7, 11) is -0.331. The Morgan fingerprint density at radius 1 is 1.20 bits per heavy atom. The third-order valence-electron chi connectivity index (χ3n) is 2.09. The molecule has 0 amide bonds. The number of benzene rings is 1. The van der Waals surface area contributed by atoms with Crippen LogP contribution in [0.15, 0.2) is 18.2 Å². The maximum atomic E-state index is 8.73. The van der Waals surface area contributed by atoms with E-state index in [2.05, 4.69) is 0 Å². The Balaban J connectivity index is 3.02. The van der Waals surface area contributed by atoms with Gasteiger partial charge in [0.2, 0.25) is 0 Å². The van der Waals surface area contributed by atoms with Crippen molar-refractivity contribution in [1.29, 1.82) is 0 Å².